The molecule has 1 aliphatic heterocycles. The molecule has 3 nitrogen and oxygen atoms in total. The van der Waals surface area contributed by atoms with Gasteiger partial charge in [-0.3, -0.25) is 4.79 Å². The van der Waals surface area contributed by atoms with Crippen molar-refractivity contribution in [1.82, 2.24) is 5.32 Å². The van der Waals surface area contributed by atoms with Crippen LogP contribution in [0.15, 0.2) is 24.3 Å². The normalized spacial score (nSPS) is 25.5. The van der Waals surface area contributed by atoms with Crippen LogP contribution in [-0.2, 0) is 4.79 Å². The van der Waals surface area contributed by atoms with Gasteiger partial charge in [0.05, 0.1) is 7.11 Å². The molecule has 2 atom stereocenters. The SMILES string of the molecule is COc1cccc(C2CC(=O)CC(C)N2)c1. The van der Waals surface area contributed by atoms with Gasteiger partial charge in [0.25, 0.3) is 0 Å². The molecule has 1 heterocycles. The summed E-state index contributed by atoms with van der Waals surface area (Å²) < 4.78 is 5.19. The average molecular weight is 219 g/mol. The van der Waals surface area contributed by atoms with E-state index in [2.05, 4.69) is 5.32 Å². The van der Waals surface area contributed by atoms with Gasteiger partial charge >= 0.3 is 0 Å². The van der Waals surface area contributed by atoms with Crippen LogP contribution in [0, 0.1) is 0 Å². The molecule has 0 aliphatic carbocycles. The first-order valence-corrected chi connectivity index (χ1v) is 5.60. The molecule has 1 aliphatic rings. The highest BCUT2D eigenvalue weighted by Crippen LogP contribution is 2.26. The predicted molar refractivity (Wildman–Crippen MR) is 62.6 cm³/mol. The number of carbonyl (C=O) groups excluding carboxylic acids is 1. The first kappa shape index (κ1) is 11.1. The van der Waals surface area contributed by atoms with Gasteiger partial charge in [-0.05, 0) is 24.6 Å². The van der Waals surface area contributed by atoms with Crippen LogP contribution < -0.4 is 10.1 Å². The molecule has 0 aromatic heterocycles. The zero-order valence-electron chi connectivity index (χ0n) is 9.69. The van der Waals surface area contributed by atoms with E-state index in [1.165, 1.54) is 0 Å². The quantitative estimate of drug-likeness (QED) is 0.827. The minimum absolute atomic E-state index is 0.131. The van der Waals surface area contributed by atoms with Gasteiger partial charge in [-0.2, -0.15) is 0 Å². The number of ether oxygens (including phenoxy) is 1. The second kappa shape index (κ2) is 4.66. The third kappa shape index (κ3) is 2.42. The van der Waals surface area contributed by atoms with E-state index in [0.717, 1.165) is 11.3 Å². The second-order valence-corrected chi connectivity index (χ2v) is 4.34. The van der Waals surface area contributed by atoms with E-state index in [9.17, 15) is 4.79 Å². The number of methoxy groups -OCH3 is 1. The fourth-order valence-corrected chi connectivity index (χ4v) is 2.19. The summed E-state index contributed by atoms with van der Waals surface area (Å²) in [6, 6.07) is 8.29. The predicted octanol–water partition coefficient (Wildman–Crippen LogP) is 2.08. The number of hydrogen-bond acceptors (Lipinski definition) is 3. The van der Waals surface area contributed by atoms with Crippen LogP contribution in [0.1, 0.15) is 31.4 Å². The molecule has 0 spiro atoms. The Bertz CT molecular complexity index is 389. The summed E-state index contributed by atoms with van der Waals surface area (Å²) in [7, 11) is 1.65. The maximum absolute atomic E-state index is 11.5. The molecule has 0 amide bonds. The number of hydrogen-bond donors (Lipinski definition) is 1. The highest BCUT2D eigenvalue weighted by Gasteiger charge is 2.24. The first-order valence-electron chi connectivity index (χ1n) is 5.60. The number of Topliss-reactive ketones (excluding diaryl/α,β-unsaturated/α-hetero) is 1. The van der Waals surface area contributed by atoms with Crippen LogP contribution >= 0.6 is 0 Å². The smallest absolute Gasteiger partial charge is 0.136 e. The Morgan fingerprint density at radius 2 is 2.19 bits per heavy atom. The van der Waals surface area contributed by atoms with Crippen molar-refractivity contribution in [2.24, 2.45) is 0 Å². The Morgan fingerprint density at radius 3 is 2.88 bits per heavy atom. The van der Waals surface area contributed by atoms with Gasteiger partial charge in [0.15, 0.2) is 0 Å². The Labute approximate surface area is 95.8 Å². The molecule has 1 N–H and O–H groups in total. The molecule has 1 aromatic rings. The Hall–Kier alpha value is -1.35. The molecule has 3 heteroatoms. The molecule has 1 saturated heterocycles. The van der Waals surface area contributed by atoms with Gasteiger partial charge in [0.1, 0.15) is 11.5 Å². The molecule has 1 fully saturated rings. The number of benzene rings is 1. The molecule has 2 rings (SSSR count). The summed E-state index contributed by atoms with van der Waals surface area (Å²) in [6.45, 7) is 2.05. The summed E-state index contributed by atoms with van der Waals surface area (Å²) in [4.78, 5) is 11.5. The van der Waals surface area contributed by atoms with Crippen molar-refractivity contribution in [2.45, 2.75) is 31.8 Å². The molecule has 0 saturated carbocycles. The summed E-state index contributed by atoms with van der Waals surface area (Å²) in [5.41, 5.74) is 1.12. The van der Waals surface area contributed by atoms with Crippen LogP contribution in [0.3, 0.4) is 0 Å². The van der Waals surface area contributed by atoms with Gasteiger partial charge in [0, 0.05) is 24.9 Å². The molecule has 16 heavy (non-hydrogen) atoms. The van der Waals surface area contributed by atoms with E-state index in [1.54, 1.807) is 7.11 Å². The second-order valence-electron chi connectivity index (χ2n) is 4.34. The summed E-state index contributed by atoms with van der Waals surface area (Å²) in [5.74, 6) is 1.17. The zero-order chi connectivity index (χ0) is 11.5. The fourth-order valence-electron chi connectivity index (χ4n) is 2.19. The van der Waals surface area contributed by atoms with E-state index in [1.807, 2.05) is 31.2 Å². The van der Waals surface area contributed by atoms with Crippen LogP contribution in [0.25, 0.3) is 0 Å². The van der Waals surface area contributed by atoms with E-state index in [-0.39, 0.29) is 12.1 Å². The molecular weight excluding hydrogens is 202 g/mol. The van der Waals surface area contributed by atoms with Crippen molar-refractivity contribution >= 4 is 5.78 Å². The summed E-state index contributed by atoms with van der Waals surface area (Å²) in [6.07, 6.45) is 1.22. The van der Waals surface area contributed by atoms with Gasteiger partial charge in [-0.1, -0.05) is 12.1 Å². The number of rotatable bonds is 2. The standard InChI is InChI=1S/C13H17NO2/c1-9-6-11(15)8-13(14-9)10-4-3-5-12(7-10)16-2/h3-5,7,9,13-14H,6,8H2,1-2H3. The maximum Gasteiger partial charge on any atom is 0.136 e. The van der Waals surface area contributed by atoms with Gasteiger partial charge in [0.2, 0.25) is 0 Å². The molecule has 0 radical (unpaired) electrons. The van der Waals surface area contributed by atoms with Crippen LogP contribution in [0.2, 0.25) is 0 Å². The lowest BCUT2D eigenvalue weighted by Gasteiger charge is -2.28. The molecular formula is C13H17NO2. The van der Waals surface area contributed by atoms with Crippen molar-refractivity contribution in [3.8, 4) is 5.75 Å². The average Bonchev–Trinajstić information content (AvgIpc) is 2.28. The lowest BCUT2D eigenvalue weighted by Crippen LogP contribution is -2.38. The monoisotopic (exact) mass is 219 g/mol. The number of ketones is 1. The molecule has 86 valence electrons. The number of carbonyl (C=O) groups is 1. The van der Waals surface area contributed by atoms with Crippen molar-refractivity contribution in [1.29, 1.82) is 0 Å². The van der Waals surface area contributed by atoms with Gasteiger partial charge in [-0.25, -0.2) is 0 Å². The minimum Gasteiger partial charge on any atom is -0.497 e. The topological polar surface area (TPSA) is 38.3 Å². The zero-order valence-corrected chi connectivity index (χ0v) is 9.69. The lowest BCUT2D eigenvalue weighted by atomic mass is 9.93. The van der Waals surface area contributed by atoms with Crippen molar-refractivity contribution in [3.63, 3.8) is 0 Å². The minimum atomic E-state index is 0.131. The van der Waals surface area contributed by atoms with E-state index < -0.39 is 0 Å². The molecule has 0 bridgehead atoms. The first-order chi connectivity index (χ1) is 7.69. The molecule has 2 unspecified atom stereocenters. The Morgan fingerprint density at radius 1 is 1.38 bits per heavy atom. The van der Waals surface area contributed by atoms with Gasteiger partial charge in [-0.15, -0.1) is 0 Å². The Kier molecular flexibility index (Phi) is 3.25. The fraction of sp³-hybridized carbons (Fsp3) is 0.462. The lowest BCUT2D eigenvalue weighted by molar-refractivity contribution is -0.121. The van der Waals surface area contributed by atoms with Crippen molar-refractivity contribution in [3.05, 3.63) is 29.8 Å². The summed E-state index contributed by atoms with van der Waals surface area (Å²) >= 11 is 0. The van der Waals surface area contributed by atoms with E-state index in [4.69, 9.17) is 4.74 Å². The number of piperidine rings is 1. The summed E-state index contributed by atoms with van der Waals surface area (Å²) in [5, 5.41) is 3.44. The third-order valence-electron chi connectivity index (χ3n) is 2.95. The van der Waals surface area contributed by atoms with Crippen molar-refractivity contribution < 1.29 is 9.53 Å². The van der Waals surface area contributed by atoms with E-state index >= 15 is 0 Å². The van der Waals surface area contributed by atoms with E-state index in [0.29, 0.717) is 18.6 Å². The van der Waals surface area contributed by atoms with Crippen molar-refractivity contribution in [2.75, 3.05) is 7.11 Å². The Balaban J connectivity index is 2.19. The highest BCUT2D eigenvalue weighted by molar-refractivity contribution is 5.80. The van der Waals surface area contributed by atoms with Crippen LogP contribution in [-0.4, -0.2) is 18.9 Å². The molecule has 1 aromatic carbocycles. The highest BCUT2D eigenvalue weighted by atomic mass is 16.5. The number of nitrogens with one attached hydrogen (secondary N) is 1. The maximum atomic E-state index is 11.5. The van der Waals surface area contributed by atoms with Crippen LogP contribution in [0.5, 0.6) is 5.75 Å². The third-order valence-corrected chi connectivity index (χ3v) is 2.95. The van der Waals surface area contributed by atoms with Crippen LogP contribution in [0.4, 0.5) is 0 Å². The largest absolute Gasteiger partial charge is 0.497 e. The van der Waals surface area contributed by atoms with Gasteiger partial charge < -0.3 is 10.1 Å².